The third-order valence-corrected chi connectivity index (χ3v) is 4.96. The van der Waals surface area contributed by atoms with E-state index >= 15 is 0 Å². The number of H-pyrrole nitrogens is 1. The number of esters is 1. The standard InChI is InChI=1S/C21H25N3O4/c1-12-18(21(27)23-14(3)22-12)9-10-19(25)28-13(2)20(26)24-17-8-7-15-5-4-6-16(15)11-17/h7-8,11,13H,4-6,9-10H2,1-3H3,(H,24,26)(H,22,23,27)/t13-/m1/s1. The van der Waals surface area contributed by atoms with Crippen molar-refractivity contribution in [3.63, 3.8) is 0 Å². The second-order valence-electron chi connectivity index (χ2n) is 7.17. The number of nitrogens with one attached hydrogen (secondary N) is 2. The molecule has 1 aliphatic rings. The molecule has 0 aliphatic heterocycles. The Kier molecular flexibility index (Phi) is 5.92. The molecular formula is C21H25N3O4. The predicted molar refractivity (Wildman–Crippen MR) is 105 cm³/mol. The summed E-state index contributed by atoms with van der Waals surface area (Å²) in [5.41, 5.74) is 4.10. The van der Waals surface area contributed by atoms with Crippen LogP contribution in [0.25, 0.3) is 0 Å². The van der Waals surface area contributed by atoms with Crippen LogP contribution in [0.4, 0.5) is 5.69 Å². The zero-order valence-corrected chi connectivity index (χ0v) is 16.4. The molecule has 7 heteroatoms. The van der Waals surface area contributed by atoms with Crippen LogP contribution < -0.4 is 10.9 Å². The highest BCUT2D eigenvalue weighted by Gasteiger charge is 2.19. The Labute approximate surface area is 163 Å². The maximum absolute atomic E-state index is 12.3. The number of ether oxygens (including phenoxy) is 1. The number of hydrogen-bond donors (Lipinski definition) is 2. The van der Waals surface area contributed by atoms with Crippen LogP contribution in [0.15, 0.2) is 23.0 Å². The van der Waals surface area contributed by atoms with Gasteiger partial charge in [-0.2, -0.15) is 0 Å². The smallest absolute Gasteiger partial charge is 0.306 e. The average molecular weight is 383 g/mol. The van der Waals surface area contributed by atoms with Gasteiger partial charge in [0.05, 0.1) is 0 Å². The summed E-state index contributed by atoms with van der Waals surface area (Å²) < 4.78 is 5.22. The van der Waals surface area contributed by atoms with Crippen molar-refractivity contribution in [2.24, 2.45) is 0 Å². The van der Waals surface area contributed by atoms with Gasteiger partial charge in [-0.3, -0.25) is 14.4 Å². The van der Waals surface area contributed by atoms with E-state index < -0.39 is 12.1 Å². The number of aryl methyl sites for hydroxylation is 4. The highest BCUT2D eigenvalue weighted by molar-refractivity contribution is 5.95. The summed E-state index contributed by atoms with van der Waals surface area (Å²) in [4.78, 5) is 43.2. The fraction of sp³-hybridized carbons (Fsp3) is 0.429. The zero-order chi connectivity index (χ0) is 20.3. The number of benzene rings is 1. The van der Waals surface area contributed by atoms with Gasteiger partial charge in [0.15, 0.2) is 6.10 Å². The Bertz CT molecular complexity index is 965. The zero-order valence-electron chi connectivity index (χ0n) is 16.4. The number of aromatic amines is 1. The molecule has 0 unspecified atom stereocenters. The summed E-state index contributed by atoms with van der Waals surface area (Å²) in [5.74, 6) is -0.376. The normalized spacial score (nSPS) is 13.7. The second kappa shape index (κ2) is 8.37. The van der Waals surface area contributed by atoms with Crippen molar-refractivity contribution in [3.05, 3.63) is 56.8 Å². The van der Waals surface area contributed by atoms with Gasteiger partial charge in [-0.05, 0) is 69.7 Å². The SMILES string of the molecule is Cc1nc(C)c(CCC(=O)O[C@H](C)C(=O)Nc2ccc3c(c2)CCC3)c(=O)[nH]1. The molecule has 148 valence electrons. The fourth-order valence-electron chi connectivity index (χ4n) is 3.48. The molecule has 1 heterocycles. The highest BCUT2D eigenvalue weighted by atomic mass is 16.5. The molecule has 2 aromatic rings. The number of carbonyl (C=O) groups is 2. The topological polar surface area (TPSA) is 101 Å². The Morgan fingerprint density at radius 3 is 2.75 bits per heavy atom. The Morgan fingerprint density at radius 2 is 2.00 bits per heavy atom. The van der Waals surface area contributed by atoms with Crippen molar-refractivity contribution in [2.75, 3.05) is 5.32 Å². The van der Waals surface area contributed by atoms with Gasteiger partial charge in [0.1, 0.15) is 5.82 Å². The maximum Gasteiger partial charge on any atom is 0.306 e. The monoisotopic (exact) mass is 383 g/mol. The van der Waals surface area contributed by atoms with Crippen LogP contribution in [-0.4, -0.2) is 27.9 Å². The molecule has 0 fully saturated rings. The summed E-state index contributed by atoms with van der Waals surface area (Å²) in [6.07, 6.45) is 2.54. The van der Waals surface area contributed by atoms with E-state index in [4.69, 9.17) is 4.74 Å². The number of fused-ring (bicyclic) bond motifs is 1. The van der Waals surface area contributed by atoms with E-state index in [0.29, 0.717) is 22.8 Å². The molecule has 1 amide bonds. The van der Waals surface area contributed by atoms with Gasteiger partial charge in [0.25, 0.3) is 11.5 Å². The van der Waals surface area contributed by atoms with E-state index in [1.807, 2.05) is 18.2 Å². The molecule has 0 saturated carbocycles. The van der Waals surface area contributed by atoms with Gasteiger partial charge < -0.3 is 15.0 Å². The van der Waals surface area contributed by atoms with E-state index in [2.05, 4.69) is 15.3 Å². The van der Waals surface area contributed by atoms with Gasteiger partial charge in [-0.15, -0.1) is 0 Å². The lowest BCUT2D eigenvalue weighted by molar-refractivity contribution is -0.153. The van der Waals surface area contributed by atoms with Crippen LogP contribution in [0.3, 0.4) is 0 Å². The minimum atomic E-state index is -0.920. The van der Waals surface area contributed by atoms with Crippen molar-refractivity contribution >= 4 is 17.6 Å². The third kappa shape index (κ3) is 4.65. The fourth-order valence-corrected chi connectivity index (χ4v) is 3.48. The molecule has 7 nitrogen and oxygen atoms in total. The lowest BCUT2D eigenvalue weighted by atomic mass is 10.1. The molecule has 1 atom stereocenters. The van der Waals surface area contributed by atoms with Gasteiger partial charge in [-0.25, -0.2) is 4.98 Å². The number of anilines is 1. The van der Waals surface area contributed by atoms with Crippen molar-refractivity contribution in [1.82, 2.24) is 9.97 Å². The van der Waals surface area contributed by atoms with E-state index in [1.54, 1.807) is 13.8 Å². The molecule has 28 heavy (non-hydrogen) atoms. The Hall–Kier alpha value is -2.96. The van der Waals surface area contributed by atoms with E-state index in [0.717, 1.165) is 19.3 Å². The summed E-state index contributed by atoms with van der Waals surface area (Å²) in [6, 6.07) is 5.88. The van der Waals surface area contributed by atoms with Gasteiger partial charge in [0, 0.05) is 23.4 Å². The quantitative estimate of drug-likeness (QED) is 0.746. The van der Waals surface area contributed by atoms with Crippen LogP contribution in [0.2, 0.25) is 0 Å². The van der Waals surface area contributed by atoms with E-state index in [1.165, 1.54) is 18.1 Å². The number of nitrogens with zero attached hydrogens (tertiary/aromatic N) is 1. The first-order valence-corrected chi connectivity index (χ1v) is 9.52. The van der Waals surface area contributed by atoms with Crippen molar-refractivity contribution in [3.8, 4) is 0 Å². The summed E-state index contributed by atoms with van der Waals surface area (Å²) >= 11 is 0. The maximum atomic E-state index is 12.3. The molecule has 3 rings (SSSR count). The van der Waals surface area contributed by atoms with Crippen LogP contribution in [0, 0.1) is 13.8 Å². The predicted octanol–water partition coefficient (Wildman–Crippen LogP) is 2.38. The number of hydrogen-bond acceptors (Lipinski definition) is 5. The third-order valence-electron chi connectivity index (χ3n) is 4.96. The number of aromatic nitrogens is 2. The molecule has 1 aromatic heterocycles. The minimum Gasteiger partial charge on any atom is -0.453 e. The number of rotatable bonds is 6. The summed E-state index contributed by atoms with van der Waals surface area (Å²) in [6.45, 7) is 4.97. The summed E-state index contributed by atoms with van der Waals surface area (Å²) in [7, 11) is 0. The highest BCUT2D eigenvalue weighted by Crippen LogP contribution is 2.25. The van der Waals surface area contributed by atoms with E-state index in [-0.39, 0.29) is 24.3 Å². The first kappa shape index (κ1) is 19.8. The Morgan fingerprint density at radius 1 is 1.25 bits per heavy atom. The molecule has 0 bridgehead atoms. The molecular weight excluding hydrogens is 358 g/mol. The second-order valence-corrected chi connectivity index (χ2v) is 7.17. The van der Waals surface area contributed by atoms with Gasteiger partial charge in [0.2, 0.25) is 0 Å². The molecule has 0 spiro atoms. The summed E-state index contributed by atoms with van der Waals surface area (Å²) in [5, 5.41) is 2.79. The lowest BCUT2D eigenvalue weighted by Crippen LogP contribution is -2.30. The Balaban J connectivity index is 1.52. The largest absolute Gasteiger partial charge is 0.453 e. The van der Waals surface area contributed by atoms with Crippen LogP contribution >= 0.6 is 0 Å². The molecule has 0 saturated heterocycles. The first-order valence-electron chi connectivity index (χ1n) is 9.52. The number of amides is 1. The van der Waals surface area contributed by atoms with Crippen molar-refractivity contribution in [1.29, 1.82) is 0 Å². The van der Waals surface area contributed by atoms with Crippen molar-refractivity contribution < 1.29 is 14.3 Å². The van der Waals surface area contributed by atoms with E-state index in [9.17, 15) is 14.4 Å². The van der Waals surface area contributed by atoms with Crippen molar-refractivity contribution in [2.45, 2.75) is 59.0 Å². The average Bonchev–Trinajstić information content (AvgIpc) is 3.08. The van der Waals surface area contributed by atoms with Crippen LogP contribution in [0.5, 0.6) is 0 Å². The number of carbonyl (C=O) groups excluding carboxylic acids is 2. The lowest BCUT2D eigenvalue weighted by Gasteiger charge is -2.14. The molecule has 1 aliphatic carbocycles. The molecule has 0 radical (unpaired) electrons. The van der Waals surface area contributed by atoms with Crippen LogP contribution in [0.1, 0.15) is 48.0 Å². The molecule has 2 N–H and O–H groups in total. The first-order chi connectivity index (χ1) is 13.3. The minimum absolute atomic E-state index is 0.00509. The van der Waals surface area contributed by atoms with Gasteiger partial charge >= 0.3 is 5.97 Å². The molecule has 1 aromatic carbocycles. The van der Waals surface area contributed by atoms with Gasteiger partial charge in [-0.1, -0.05) is 6.07 Å². The van der Waals surface area contributed by atoms with Crippen LogP contribution in [-0.2, 0) is 33.6 Å².